The van der Waals surface area contributed by atoms with Gasteiger partial charge in [0.25, 0.3) is 0 Å². The van der Waals surface area contributed by atoms with Gasteiger partial charge in [-0.25, -0.2) is 4.79 Å². The average Bonchev–Trinajstić information content (AvgIpc) is 1.65. The van der Waals surface area contributed by atoms with Crippen LogP contribution in [0.4, 0.5) is 9.28 Å². The Hall–Kier alpha value is -0.800. The van der Waals surface area contributed by atoms with E-state index in [9.17, 15) is 9.28 Å². The van der Waals surface area contributed by atoms with Crippen LogP contribution in [0.2, 0.25) is 0 Å². The van der Waals surface area contributed by atoms with E-state index in [1.165, 1.54) is 0 Å². The predicted molar refractivity (Wildman–Crippen MR) is 27.9 cm³/mol. The topological polar surface area (TPSA) is 41.1 Å². The molecule has 0 fully saturated rings. The maximum absolute atomic E-state index is 11.1. The summed E-state index contributed by atoms with van der Waals surface area (Å²) in [4.78, 5) is 10.0. The van der Waals surface area contributed by atoms with Gasteiger partial charge in [-0.1, -0.05) is 4.48 Å². The van der Waals surface area contributed by atoms with Gasteiger partial charge >= 0.3 is 6.03 Å². The molecule has 0 aromatic heterocycles. The Labute approximate surface area is 47.2 Å². The quantitative estimate of drug-likeness (QED) is 0.488. The van der Waals surface area contributed by atoms with Crippen molar-refractivity contribution >= 4 is 6.03 Å². The molecular formula is C4H9FN2O. The van der Waals surface area contributed by atoms with Crippen molar-refractivity contribution in [2.75, 3.05) is 0 Å². The predicted octanol–water partition coefficient (Wildman–Crippen LogP) is 0.579. The fourth-order valence-corrected chi connectivity index (χ4v) is 0.289. The van der Waals surface area contributed by atoms with Crippen LogP contribution >= 0.6 is 0 Å². The maximum Gasteiger partial charge on any atom is 0.343 e. The number of carbonyl (C=O) groups excluding carboxylic acids is 1. The Morgan fingerprint density at radius 3 is 2.25 bits per heavy atom. The van der Waals surface area contributed by atoms with Gasteiger partial charge in [0, 0.05) is 6.04 Å². The van der Waals surface area contributed by atoms with E-state index in [2.05, 4.69) is 5.32 Å². The summed E-state index contributed by atoms with van der Waals surface area (Å²) in [6, 6.07) is -0.814. The van der Waals surface area contributed by atoms with Gasteiger partial charge in [0.15, 0.2) is 0 Å². The molecular weight excluding hydrogens is 111 g/mol. The van der Waals surface area contributed by atoms with Crippen molar-refractivity contribution in [3.05, 3.63) is 0 Å². The van der Waals surface area contributed by atoms with Crippen LogP contribution in [0.5, 0.6) is 0 Å². The zero-order valence-electron chi connectivity index (χ0n) is 4.86. The van der Waals surface area contributed by atoms with Crippen LogP contribution in [0.3, 0.4) is 0 Å². The van der Waals surface area contributed by atoms with E-state index in [-0.39, 0.29) is 6.04 Å². The van der Waals surface area contributed by atoms with Crippen LogP contribution in [0.25, 0.3) is 0 Å². The Kier molecular flexibility index (Phi) is 2.91. The van der Waals surface area contributed by atoms with Gasteiger partial charge in [-0.05, 0) is 13.8 Å². The SMILES string of the molecule is CC(C)NC(=O)NF. The molecule has 4 heteroatoms. The van der Waals surface area contributed by atoms with Gasteiger partial charge in [0.1, 0.15) is 0 Å². The molecule has 0 aliphatic carbocycles. The minimum Gasteiger partial charge on any atom is -0.334 e. The minimum atomic E-state index is -0.792. The molecule has 3 nitrogen and oxygen atoms in total. The van der Waals surface area contributed by atoms with E-state index in [1.807, 2.05) is 0 Å². The molecule has 0 rings (SSSR count). The summed E-state index contributed by atoms with van der Waals surface area (Å²) in [6.07, 6.45) is 0. The normalized spacial score (nSPS) is 9.00. The number of carbonyl (C=O) groups is 1. The first kappa shape index (κ1) is 7.20. The van der Waals surface area contributed by atoms with E-state index in [0.29, 0.717) is 0 Å². The highest BCUT2D eigenvalue weighted by atomic mass is 19.2. The molecule has 0 heterocycles. The van der Waals surface area contributed by atoms with Crippen LogP contribution < -0.4 is 10.9 Å². The molecule has 0 radical (unpaired) electrons. The summed E-state index contributed by atoms with van der Waals surface area (Å²) in [7, 11) is 0. The Balaban J connectivity index is 3.25. The van der Waals surface area contributed by atoms with E-state index in [0.717, 1.165) is 5.54 Å². The lowest BCUT2D eigenvalue weighted by atomic mass is 10.4. The number of hydrogen-bond acceptors (Lipinski definition) is 1. The van der Waals surface area contributed by atoms with E-state index >= 15 is 0 Å². The zero-order chi connectivity index (χ0) is 6.57. The van der Waals surface area contributed by atoms with Gasteiger partial charge in [-0.2, -0.15) is 5.54 Å². The van der Waals surface area contributed by atoms with Crippen LogP contribution in [-0.4, -0.2) is 12.1 Å². The number of nitrogens with one attached hydrogen (secondary N) is 2. The van der Waals surface area contributed by atoms with Crippen LogP contribution in [0, 0.1) is 0 Å². The summed E-state index contributed by atoms with van der Waals surface area (Å²) < 4.78 is 11.1. The number of urea groups is 1. The third kappa shape index (κ3) is 3.39. The largest absolute Gasteiger partial charge is 0.343 e. The van der Waals surface area contributed by atoms with E-state index in [1.54, 1.807) is 13.8 Å². The minimum absolute atomic E-state index is 0.0225. The lowest BCUT2D eigenvalue weighted by Gasteiger charge is -2.03. The first-order valence-corrected chi connectivity index (χ1v) is 2.34. The third-order valence-corrected chi connectivity index (χ3v) is 0.506. The first-order chi connectivity index (χ1) is 3.66. The highest BCUT2D eigenvalue weighted by Crippen LogP contribution is 1.74. The molecule has 0 saturated carbocycles. The van der Waals surface area contributed by atoms with Crippen molar-refractivity contribution in [3.63, 3.8) is 0 Å². The highest BCUT2D eigenvalue weighted by molar-refractivity contribution is 5.72. The number of halogens is 1. The van der Waals surface area contributed by atoms with Crippen molar-refractivity contribution in [3.8, 4) is 0 Å². The van der Waals surface area contributed by atoms with Crippen molar-refractivity contribution in [1.82, 2.24) is 10.9 Å². The summed E-state index contributed by atoms with van der Waals surface area (Å²) in [5.74, 6) is 0. The molecule has 0 spiro atoms. The standard InChI is InChI=1S/C4H9FN2O/c1-3(2)6-4(8)7-5/h3H,1-2H3,(H2,6,7,8). The van der Waals surface area contributed by atoms with Gasteiger partial charge in [-0.15, -0.1) is 0 Å². The molecule has 0 aromatic rings. The van der Waals surface area contributed by atoms with E-state index in [4.69, 9.17) is 0 Å². The second-order valence-corrected chi connectivity index (χ2v) is 1.72. The maximum atomic E-state index is 11.1. The lowest BCUT2D eigenvalue weighted by molar-refractivity contribution is 0.215. The number of hydrogen-bond donors (Lipinski definition) is 2. The molecule has 8 heavy (non-hydrogen) atoms. The second kappa shape index (κ2) is 3.23. The molecule has 0 saturated heterocycles. The molecule has 48 valence electrons. The molecule has 0 aliphatic heterocycles. The monoisotopic (exact) mass is 120 g/mol. The Bertz CT molecular complexity index is 84.1. The second-order valence-electron chi connectivity index (χ2n) is 1.72. The van der Waals surface area contributed by atoms with Gasteiger partial charge < -0.3 is 5.32 Å². The third-order valence-electron chi connectivity index (χ3n) is 0.506. The van der Waals surface area contributed by atoms with Crippen molar-refractivity contribution in [1.29, 1.82) is 0 Å². The van der Waals surface area contributed by atoms with Gasteiger partial charge in [0.2, 0.25) is 0 Å². The summed E-state index contributed by atoms with van der Waals surface area (Å²) >= 11 is 0. The number of amides is 2. The Morgan fingerprint density at radius 1 is 1.62 bits per heavy atom. The molecule has 0 aliphatic rings. The van der Waals surface area contributed by atoms with Crippen LogP contribution in [-0.2, 0) is 0 Å². The fourth-order valence-electron chi connectivity index (χ4n) is 0.289. The fraction of sp³-hybridized carbons (Fsp3) is 0.750. The molecule has 0 unspecified atom stereocenters. The van der Waals surface area contributed by atoms with Crippen LogP contribution in [0.1, 0.15) is 13.8 Å². The summed E-state index contributed by atoms with van der Waals surface area (Å²) in [5, 5.41) is 2.27. The van der Waals surface area contributed by atoms with Crippen molar-refractivity contribution in [2.45, 2.75) is 19.9 Å². The first-order valence-electron chi connectivity index (χ1n) is 2.34. The molecule has 2 N–H and O–H groups in total. The molecule has 0 atom stereocenters. The smallest absolute Gasteiger partial charge is 0.334 e. The molecule has 0 bridgehead atoms. The van der Waals surface area contributed by atoms with Crippen LogP contribution in [0.15, 0.2) is 0 Å². The van der Waals surface area contributed by atoms with Gasteiger partial charge in [-0.3, -0.25) is 0 Å². The summed E-state index contributed by atoms with van der Waals surface area (Å²) in [6.45, 7) is 3.49. The highest BCUT2D eigenvalue weighted by Gasteiger charge is 1.97. The summed E-state index contributed by atoms with van der Waals surface area (Å²) in [5.41, 5.74) is 0.946. The van der Waals surface area contributed by atoms with Crippen molar-refractivity contribution < 1.29 is 9.28 Å². The van der Waals surface area contributed by atoms with E-state index < -0.39 is 6.03 Å². The van der Waals surface area contributed by atoms with Gasteiger partial charge in [0.05, 0.1) is 0 Å². The molecule has 0 aromatic carbocycles. The Morgan fingerprint density at radius 2 is 2.12 bits per heavy atom. The zero-order valence-corrected chi connectivity index (χ0v) is 4.86. The lowest BCUT2D eigenvalue weighted by Crippen LogP contribution is -2.35. The number of rotatable bonds is 1. The average molecular weight is 120 g/mol. The van der Waals surface area contributed by atoms with Crippen molar-refractivity contribution in [2.24, 2.45) is 0 Å². The molecule has 2 amide bonds.